The number of thiazole rings is 1. The molecule has 1 fully saturated rings. The van der Waals surface area contributed by atoms with E-state index in [0.717, 1.165) is 41.5 Å². The lowest BCUT2D eigenvalue weighted by Crippen LogP contribution is -2.34. The number of carbonyl (C=O) groups excluding carboxylic acids is 1. The van der Waals surface area contributed by atoms with Gasteiger partial charge in [0.2, 0.25) is 5.91 Å². The SMILES string of the molecule is NC1CCCC(C(=O)Nc2ncc(Cc3cccc(Br)c3)s2)C1. The first-order chi connectivity index (χ1) is 11.1. The summed E-state index contributed by atoms with van der Waals surface area (Å²) in [5, 5.41) is 3.63. The Morgan fingerprint density at radius 2 is 2.30 bits per heavy atom. The quantitative estimate of drug-likeness (QED) is 0.825. The number of anilines is 1. The summed E-state index contributed by atoms with van der Waals surface area (Å²) in [6, 6.07) is 8.38. The minimum Gasteiger partial charge on any atom is -0.328 e. The van der Waals surface area contributed by atoms with Crippen LogP contribution in [0.5, 0.6) is 0 Å². The van der Waals surface area contributed by atoms with Crippen LogP contribution in [0.4, 0.5) is 5.13 Å². The van der Waals surface area contributed by atoms with Crippen LogP contribution in [0.25, 0.3) is 0 Å². The van der Waals surface area contributed by atoms with Gasteiger partial charge in [-0.15, -0.1) is 11.3 Å². The molecule has 0 saturated heterocycles. The number of hydrogen-bond acceptors (Lipinski definition) is 4. The Bertz CT molecular complexity index is 688. The molecule has 3 rings (SSSR count). The second-order valence-electron chi connectivity index (χ2n) is 6.05. The van der Waals surface area contributed by atoms with Crippen molar-refractivity contribution >= 4 is 38.3 Å². The molecule has 2 aromatic rings. The summed E-state index contributed by atoms with van der Waals surface area (Å²) in [5.74, 6) is 0.0830. The van der Waals surface area contributed by atoms with Crippen LogP contribution < -0.4 is 11.1 Å². The molecule has 0 spiro atoms. The van der Waals surface area contributed by atoms with Gasteiger partial charge in [-0.3, -0.25) is 4.79 Å². The first-order valence-electron chi connectivity index (χ1n) is 7.86. The summed E-state index contributed by atoms with van der Waals surface area (Å²) in [7, 11) is 0. The summed E-state index contributed by atoms with van der Waals surface area (Å²) in [6.07, 6.45) is 6.43. The van der Waals surface area contributed by atoms with Crippen molar-refractivity contribution < 1.29 is 4.79 Å². The van der Waals surface area contributed by atoms with Crippen molar-refractivity contribution in [3.05, 3.63) is 45.4 Å². The summed E-state index contributed by atoms with van der Waals surface area (Å²) >= 11 is 5.02. The lowest BCUT2D eigenvalue weighted by atomic mass is 9.86. The summed E-state index contributed by atoms with van der Waals surface area (Å²) in [4.78, 5) is 17.8. The number of amides is 1. The van der Waals surface area contributed by atoms with E-state index in [0.29, 0.717) is 5.13 Å². The average molecular weight is 394 g/mol. The number of carbonyl (C=O) groups is 1. The smallest absolute Gasteiger partial charge is 0.229 e. The predicted molar refractivity (Wildman–Crippen MR) is 97.6 cm³/mol. The van der Waals surface area contributed by atoms with Crippen molar-refractivity contribution in [3.63, 3.8) is 0 Å². The molecule has 23 heavy (non-hydrogen) atoms. The van der Waals surface area contributed by atoms with Gasteiger partial charge in [0.25, 0.3) is 0 Å². The Morgan fingerprint density at radius 1 is 1.43 bits per heavy atom. The van der Waals surface area contributed by atoms with Crippen molar-refractivity contribution in [2.45, 2.75) is 38.1 Å². The lowest BCUT2D eigenvalue weighted by Gasteiger charge is -2.25. The zero-order valence-corrected chi connectivity index (χ0v) is 15.2. The van der Waals surface area contributed by atoms with Crippen LogP contribution in [0.15, 0.2) is 34.9 Å². The maximum Gasteiger partial charge on any atom is 0.229 e. The van der Waals surface area contributed by atoms with Crippen LogP contribution >= 0.6 is 27.3 Å². The van der Waals surface area contributed by atoms with Gasteiger partial charge < -0.3 is 11.1 Å². The number of nitrogens with two attached hydrogens (primary N) is 1. The van der Waals surface area contributed by atoms with Crippen LogP contribution in [0.2, 0.25) is 0 Å². The van der Waals surface area contributed by atoms with Crippen molar-refractivity contribution in [1.82, 2.24) is 4.98 Å². The highest BCUT2D eigenvalue weighted by Gasteiger charge is 2.25. The third-order valence-corrected chi connectivity index (χ3v) is 5.54. The molecule has 1 aliphatic rings. The Morgan fingerprint density at radius 3 is 3.09 bits per heavy atom. The molecule has 1 aromatic heterocycles. The molecule has 0 radical (unpaired) electrons. The van der Waals surface area contributed by atoms with E-state index in [1.807, 2.05) is 18.3 Å². The molecule has 1 heterocycles. The molecule has 3 N–H and O–H groups in total. The van der Waals surface area contributed by atoms with E-state index in [1.54, 1.807) is 0 Å². The Balaban J connectivity index is 1.59. The van der Waals surface area contributed by atoms with Crippen molar-refractivity contribution in [3.8, 4) is 0 Å². The number of benzene rings is 1. The van der Waals surface area contributed by atoms with Gasteiger partial charge in [0.1, 0.15) is 0 Å². The first kappa shape index (κ1) is 16.6. The number of hydrogen-bond donors (Lipinski definition) is 2. The molecule has 0 aliphatic heterocycles. The third kappa shape index (κ3) is 4.62. The molecule has 4 nitrogen and oxygen atoms in total. The van der Waals surface area contributed by atoms with Gasteiger partial charge in [-0.25, -0.2) is 4.98 Å². The van der Waals surface area contributed by atoms with Crippen molar-refractivity contribution in [2.24, 2.45) is 11.7 Å². The van der Waals surface area contributed by atoms with Gasteiger partial charge in [-0.1, -0.05) is 34.5 Å². The van der Waals surface area contributed by atoms with Crippen LogP contribution in [-0.4, -0.2) is 16.9 Å². The second-order valence-corrected chi connectivity index (χ2v) is 8.08. The fourth-order valence-corrected chi connectivity index (χ4v) is 4.26. The number of nitrogens with zero attached hydrogens (tertiary/aromatic N) is 1. The zero-order valence-electron chi connectivity index (χ0n) is 12.8. The molecule has 1 aliphatic carbocycles. The van der Waals surface area contributed by atoms with Gasteiger partial charge >= 0.3 is 0 Å². The first-order valence-corrected chi connectivity index (χ1v) is 9.46. The topological polar surface area (TPSA) is 68.0 Å². The van der Waals surface area contributed by atoms with Crippen LogP contribution in [0, 0.1) is 5.92 Å². The van der Waals surface area contributed by atoms with Crippen LogP contribution in [-0.2, 0) is 11.2 Å². The third-order valence-electron chi connectivity index (χ3n) is 4.14. The minimum atomic E-state index is 0.0242. The lowest BCUT2D eigenvalue weighted by molar-refractivity contribution is -0.120. The largest absolute Gasteiger partial charge is 0.328 e. The highest BCUT2D eigenvalue weighted by atomic mass is 79.9. The molecule has 1 aromatic carbocycles. The van der Waals surface area contributed by atoms with Gasteiger partial charge in [0, 0.05) is 33.9 Å². The van der Waals surface area contributed by atoms with Gasteiger partial charge in [-0.2, -0.15) is 0 Å². The molecule has 6 heteroatoms. The minimum absolute atomic E-state index is 0.0242. The van der Waals surface area contributed by atoms with E-state index in [9.17, 15) is 4.79 Å². The van der Waals surface area contributed by atoms with Crippen molar-refractivity contribution in [2.75, 3.05) is 5.32 Å². The molecular formula is C17H20BrN3OS. The van der Waals surface area contributed by atoms with Crippen LogP contribution in [0.3, 0.4) is 0 Å². The fraction of sp³-hybridized carbons (Fsp3) is 0.412. The number of rotatable bonds is 4. The summed E-state index contributed by atoms with van der Waals surface area (Å²) in [6.45, 7) is 0. The maximum absolute atomic E-state index is 12.3. The molecule has 1 saturated carbocycles. The number of halogens is 1. The number of nitrogens with one attached hydrogen (secondary N) is 1. The Hall–Kier alpha value is -1.24. The monoisotopic (exact) mass is 393 g/mol. The molecule has 0 bridgehead atoms. The predicted octanol–water partition coefficient (Wildman–Crippen LogP) is 3.95. The average Bonchev–Trinajstić information content (AvgIpc) is 2.94. The van der Waals surface area contributed by atoms with E-state index >= 15 is 0 Å². The molecule has 1 amide bonds. The highest BCUT2D eigenvalue weighted by molar-refractivity contribution is 9.10. The van der Waals surface area contributed by atoms with Crippen molar-refractivity contribution in [1.29, 1.82) is 0 Å². The maximum atomic E-state index is 12.3. The van der Waals surface area contributed by atoms with E-state index in [-0.39, 0.29) is 17.9 Å². The van der Waals surface area contributed by atoms with Crippen LogP contribution in [0.1, 0.15) is 36.1 Å². The standard InChI is InChI=1S/C17H20BrN3OS/c18-13-5-1-3-11(7-13)8-15-10-20-17(23-15)21-16(22)12-4-2-6-14(19)9-12/h1,3,5,7,10,12,14H,2,4,6,8-9,19H2,(H,20,21,22). The van der Waals surface area contributed by atoms with E-state index in [1.165, 1.54) is 16.9 Å². The fourth-order valence-electron chi connectivity index (χ4n) is 2.97. The van der Waals surface area contributed by atoms with E-state index in [2.05, 4.69) is 38.4 Å². The molecular weight excluding hydrogens is 374 g/mol. The second kappa shape index (κ2) is 7.55. The Kier molecular flexibility index (Phi) is 5.46. The highest BCUT2D eigenvalue weighted by Crippen LogP contribution is 2.27. The summed E-state index contributed by atoms with van der Waals surface area (Å²) < 4.78 is 1.07. The Labute approximate surface area is 148 Å². The van der Waals surface area contributed by atoms with E-state index in [4.69, 9.17) is 5.73 Å². The van der Waals surface area contributed by atoms with Gasteiger partial charge in [0.05, 0.1) is 0 Å². The normalized spacial score (nSPS) is 21.1. The van der Waals surface area contributed by atoms with E-state index < -0.39 is 0 Å². The number of aromatic nitrogens is 1. The summed E-state index contributed by atoms with van der Waals surface area (Å²) in [5.41, 5.74) is 7.18. The molecule has 2 unspecified atom stereocenters. The van der Waals surface area contributed by atoms with Gasteiger partial charge in [0.15, 0.2) is 5.13 Å². The molecule has 2 atom stereocenters. The molecule has 122 valence electrons. The van der Waals surface area contributed by atoms with Gasteiger partial charge in [-0.05, 0) is 37.0 Å². The zero-order chi connectivity index (χ0) is 16.2.